The minimum Gasteiger partial charge on any atom is -0.356 e. The summed E-state index contributed by atoms with van der Waals surface area (Å²) in [5.41, 5.74) is 2.27. The van der Waals surface area contributed by atoms with Gasteiger partial charge in [-0.2, -0.15) is 0 Å². The SMILES string of the molecule is c1ccc2c(-c3cn4c(n3)NCCC4)cccc2c1. The fraction of sp³-hybridized carbons (Fsp3) is 0.188. The second-order valence-electron chi connectivity index (χ2n) is 4.95. The van der Waals surface area contributed by atoms with E-state index in [1.807, 2.05) is 0 Å². The smallest absolute Gasteiger partial charge is 0.203 e. The lowest BCUT2D eigenvalue weighted by Gasteiger charge is -2.14. The van der Waals surface area contributed by atoms with Gasteiger partial charge in [-0.25, -0.2) is 4.98 Å². The lowest BCUT2D eigenvalue weighted by Crippen LogP contribution is -2.16. The van der Waals surface area contributed by atoms with Crippen molar-refractivity contribution in [2.24, 2.45) is 0 Å². The van der Waals surface area contributed by atoms with Crippen LogP contribution < -0.4 is 5.32 Å². The number of hydrogen-bond acceptors (Lipinski definition) is 2. The molecule has 1 aromatic heterocycles. The van der Waals surface area contributed by atoms with Crippen molar-refractivity contribution in [1.29, 1.82) is 0 Å². The quantitative estimate of drug-likeness (QED) is 0.715. The first kappa shape index (κ1) is 10.6. The van der Waals surface area contributed by atoms with Gasteiger partial charge >= 0.3 is 0 Å². The predicted molar refractivity (Wildman–Crippen MR) is 78.3 cm³/mol. The minimum absolute atomic E-state index is 0.995. The van der Waals surface area contributed by atoms with E-state index in [0.717, 1.165) is 24.7 Å². The van der Waals surface area contributed by atoms with Gasteiger partial charge in [0.25, 0.3) is 0 Å². The molecule has 0 radical (unpaired) electrons. The fourth-order valence-corrected chi connectivity index (χ4v) is 2.76. The monoisotopic (exact) mass is 249 g/mol. The third kappa shape index (κ3) is 1.70. The van der Waals surface area contributed by atoms with E-state index in [0.29, 0.717) is 0 Å². The molecule has 0 unspecified atom stereocenters. The summed E-state index contributed by atoms with van der Waals surface area (Å²) in [5.74, 6) is 0.995. The van der Waals surface area contributed by atoms with Gasteiger partial charge in [-0.15, -0.1) is 0 Å². The van der Waals surface area contributed by atoms with Gasteiger partial charge in [0, 0.05) is 24.8 Å². The first-order valence-corrected chi connectivity index (χ1v) is 6.71. The molecule has 1 aliphatic heterocycles. The Kier molecular flexibility index (Phi) is 2.30. The summed E-state index contributed by atoms with van der Waals surface area (Å²) in [5, 5.41) is 5.88. The van der Waals surface area contributed by atoms with Gasteiger partial charge in [0.2, 0.25) is 5.95 Å². The summed E-state index contributed by atoms with van der Waals surface area (Å²) in [6, 6.07) is 14.9. The summed E-state index contributed by atoms with van der Waals surface area (Å²) < 4.78 is 2.21. The standard InChI is InChI=1S/C16H15N3/c1-2-7-13-12(5-1)6-3-8-14(13)15-11-19-10-4-9-17-16(19)18-15/h1-3,5-8,11H,4,9-10H2,(H,17,18). The zero-order chi connectivity index (χ0) is 12.7. The number of hydrogen-bond donors (Lipinski definition) is 1. The van der Waals surface area contributed by atoms with Gasteiger partial charge in [0.1, 0.15) is 0 Å². The Morgan fingerprint density at radius 2 is 1.95 bits per heavy atom. The molecule has 94 valence electrons. The van der Waals surface area contributed by atoms with E-state index >= 15 is 0 Å². The highest BCUT2D eigenvalue weighted by molar-refractivity contribution is 5.95. The Morgan fingerprint density at radius 1 is 1.05 bits per heavy atom. The van der Waals surface area contributed by atoms with Crippen molar-refractivity contribution >= 4 is 16.7 Å². The van der Waals surface area contributed by atoms with Crippen molar-refractivity contribution in [2.45, 2.75) is 13.0 Å². The predicted octanol–water partition coefficient (Wildman–Crippen LogP) is 3.52. The van der Waals surface area contributed by atoms with Gasteiger partial charge in [0.05, 0.1) is 5.69 Å². The summed E-state index contributed by atoms with van der Waals surface area (Å²) in [6.07, 6.45) is 3.32. The number of nitrogens with zero attached hydrogens (tertiary/aromatic N) is 2. The van der Waals surface area contributed by atoms with Crippen LogP contribution in [0.3, 0.4) is 0 Å². The highest BCUT2D eigenvalue weighted by Crippen LogP contribution is 2.29. The molecule has 0 aliphatic carbocycles. The van der Waals surface area contributed by atoms with Crippen molar-refractivity contribution in [3.05, 3.63) is 48.7 Å². The third-order valence-corrected chi connectivity index (χ3v) is 3.70. The third-order valence-electron chi connectivity index (χ3n) is 3.70. The van der Waals surface area contributed by atoms with Crippen molar-refractivity contribution in [3.8, 4) is 11.3 Å². The van der Waals surface area contributed by atoms with Crippen LogP contribution in [0.2, 0.25) is 0 Å². The maximum atomic E-state index is 4.72. The Hall–Kier alpha value is -2.29. The average Bonchev–Trinajstić information content (AvgIpc) is 2.90. The van der Waals surface area contributed by atoms with Crippen LogP contribution in [0, 0.1) is 0 Å². The van der Waals surface area contributed by atoms with Crippen LogP contribution in [0.1, 0.15) is 6.42 Å². The first-order chi connectivity index (χ1) is 9.42. The number of imidazole rings is 1. The van der Waals surface area contributed by atoms with Gasteiger partial charge in [-0.3, -0.25) is 0 Å². The highest BCUT2D eigenvalue weighted by Gasteiger charge is 2.13. The Morgan fingerprint density at radius 3 is 2.89 bits per heavy atom. The number of aromatic nitrogens is 2. The van der Waals surface area contributed by atoms with E-state index in [1.165, 1.54) is 22.8 Å². The highest BCUT2D eigenvalue weighted by atomic mass is 15.2. The topological polar surface area (TPSA) is 29.9 Å². The van der Waals surface area contributed by atoms with Crippen LogP contribution in [0.4, 0.5) is 5.95 Å². The molecule has 3 heteroatoms. The Labute approximate surface area is 111 Å². The van der Waals surface area contributed by atoms with Crippen molar-refractivity contribution < 1.29 is 0 Å². The number of anilines is 1. The Bertz CT molecular complexity index is 714. The van der Waals surface area contributed by atoms with Crippen LogP contribution in [0.15, 0.2) is 48.7 Å². The van der Waals surface area contributed by atoms with Crippen LogP contribution >= 0.6 is 0 Å². The molecule has 0 saturated carbocycles. The average molecular weight is 249 g/mol. The molecule has 3 aromatic rings. The van der Waals surface area contributed by atoms with Crippen LogP contribution in [0.5, 0.6) is 0 Å². The lowest BCUT2D eigenvalue weighted by atomic mass is 10.0. The maximum Gasteiger partial charge on any atom is 0.203 e. The number of aryl methyl sites for hydroxylation is 1. The normalized spacial score (nSPS) is 14.1. The number of rotatable bonds is 1. The van der Waals surface area contributed by atoms with Crippen molar-refractivity contribution in [2.75, 3.05) is 11.9 Å². The molecule has 1 aliphatic rings. The largest absolute Gasteiger partial charge is 0.356 e. The zero-order valence-corrected chi connectivity index (χ0v) is 10.6. The first-order valence-electron chi connectivity index (χ1n) is 6.71. The van der Waals surface area contributed by atoms with Crippen molar-refractivity contribution in [1.82, 2.24) is 9.55 Å². The molecular weight excluding hydrogens is 234 g/mol. The molecule has 1 N–H and O–H groups in total. The summed E-state index contributed by atoms with van der Waals surface area (Å²) in [7, 11) is 0. The molecule has 0 bridgehead atoms. The number of nitrogens with one attached hydrogen (secondary N) is 1. The fourth-order valence-electron chi connectivity index (χ4n) is 2.76. The molecule has 0 saturated heterocycles. The lowest BCUT2D eigenvalue weighted by molar-refractivity contribution is 0.627. The van der Waals surface area contributed by atoms with Crippen LogP contribution in [-0.4, -0.2) is 16.1 Å². The van der Waals surface area contributed by atoms with E-state index in [4.69, 9.17) is 4.98 Å². The molecular formula is C16H15N3. The second-order valence-corrected chi connectivity index (χ2v) is 4.95. The second kappa shape index (κ2) is 4.12. The zero-order valence-electron chi connectivity index (χ0n) is 10.6. The van der Waals surface area contributed by atoms with Gasteiger partial charge < -0.3 is 9.88 Å². The van der Waals surface area contributed by atoms with Gasteiger partial charge in [-0.1, -0.05) is 42.5 Å². The molecule has 2 aromatic carbocycles. The molecule has 0 spiro atoms. The number of fused-ring (bicyclic) bond motifs is 2. The molecule has 0 atom stereocenters. The molecule has 0 amide bonds. The number of benzene rings is 2. The van der Waals surface area contributed by atoms with E-state index in [2.05, 4.69) is 58.5 Å². The molecule has 4 rings (SSSR count). The molecule has 0 fully saturated rings. The van der Waals surface area contributed by atoms with E-state index in [9.17, 15) is 0 Å². The van der Waals surface area contributed by atoms with Crippen LogP contribution in [-0.2, 0) is 6.54 Å². The minimum atomic E-state index is 0.995. The van der Waals surface area contributed by atoms with Crippen molar-refractivity contribution in [3.63, 3.8) is 0 Å². The summed E-state index contributed by atoms with van der Waals surface area (Å²) in [6.45, 7) is 2.08. The molecule has 3 nitrogen and oxygen atoms in total. The van der Waals surface area contributed by atoms with E-state index in [-0.39, 0.29) is 0 Å². The summed E-state index contributed by atoms with van der Waals surface area (Å²) >= 11 is 0. The summed E-state index contributed by atoms with van der Waals surface area (Å²) in [4.78, 5) is 4.72. The molecule has 19 heavy (non-hydrogen) atoms. The van der Waals surface area contributed by atoms with Gasteiger partial charge in [-0.05, 0) is 17.2 Å². The molecule has 2 heterocycles. The van der Waals surface area contributed by atoms with E-state index in [1.54, 1.807) is 0 Å². The van der Waals surface area contributed by atoms with E-state index < -0.39 is 0 Å². The maximum absolute atomic E-state index is 4.72. The Balaban J connectivity index is 1.92. The van der Waals surface area contributed by atoms with Crippen LogP contribution in [0.25, 0.3) is 22.0 Å². The van der Waals surface area contributed by atoms with Gasteiger partial charge in [0.15, 0.2) is 0 Å².